The van der Waals surface area contributed by atoms with Gasteiger partial charge in [-0.25, -0.2) is 0 Å². The molecule has 0 unspecified atom stereocenters. The largest absolute Gasteiger partial charge is 0.381 e. The van der Waals surface area contributed by atoms with E-state index < -0.39 is 0 Å². The zero-order valence-corrected chi connectivity index (χ0v) is 12.9. The number of rotatable bonds is 3. The van der Waals surface area contributed by atoms with E-state index in [4.69, 9.17) is 23.2 Å². The van der Waals surface area contributed by atoms with Crippen molar-refractivity contribution in [2.45, 2.75) is 13.5 Å². The van der Waals surface area contributed by atoms with Crippen LogP contribution in [0.25, 0.3) is 0 Å². The van der Waals surface area contributed by atoms with E-state index in [0.29, 0.717) is 16.6 Å². The summed E-state index contributed by atoms with van der Waals surface area (Å²) in [6.45, 7) is 2.66. The topological polar surface area (TPSA) is 12.0 Å². The van der Waals surface area contributed by atoms with Crippen molar-refractivity contribution in [1.29, 1.82) is 0 Å². The summed E-state index contributed by atoms with van der Waals surface area (Å²) in [5, 5.41) is 4.68. The van der Waals surface area contributed by atoms with Crippen molar-refractivity contribution < 1.29 is 0 Å². The quantitative estimate of drug-likeness (QED) is 0.755. The highest BCUT2D eigenvalue weighted by Gasteiger charge is 2.05. The molecule has 0 atom stereocenters. The summed E-state index contributed by atoms with van der Waals surface area (Å²) in [5.41, 5.74) is 3.15. The molecule has 0 aliphatic carbocycles. The Kier molecular flexibility index (Phi) is 4.55. The van der Waals surface area contributed by atoms with Crippen LogP contribution in [0.5, 0.6) is 0 Å². The fourth-order valence-electron chi connectivity index (χ4n) is 1.59. The fraction of sp³-hybridized carbons (Fsp3) is 0.143. The second-order valence-electron chi connectivity index (χ2n) is 4.02. The van der Waals surface area contributed by atoms with Crippen LogP contribution in [0, 0.1) is 6.92 Å². The molecule has 0 saturated heterocycles. The Bertz CT molecular complexity index is 549. The Morgan fingerprint density at radius 2 is 1.78 bits per heavy atom. The van der Waals surface area contributed by atoms with Gasteiger partial charge in [0.15, 0.2) is 0 Å². The third-order valence-electron chi connectivity index (χ3n) is 2.70. The van der Waals surface area contributed by atoms with Gasteiger partial charge in [-0.1, -0.05) is 51.3 Å². The van der Waals surface area contributed by atoms with Gasteiger partial charge in [0, 0.05) is 32.3 Å². The van der Waals surface area contributed by atoms with Crippen molar-refractivity contribution in [2.75, 3.05) is 5.32 Å². The van der Waals surface area contributed by atoms with Crippen LogP contribution in [0.3, 0.4) is 0 Å². The molecule has 0 spiro atoms. The highest BCUT2D eigenvalue weighted by Crippen LogP contribution is 2.26. The lowest BCUT2D eigenvalue weighted by Crippen LogP contribution is -2.01. The first-order valence-corrected chi connectivity index (χ1v) is 7.06. The van der Waals surface area contributed by atoms with E-state index >= 15 is 0 Å². The first-order valence-electron chi connectivity index (χ1n) is 5.51. The van der Waals surface area contributed by atoms with Crippen molar-refractivity contribution >= 4 is 44.8 Å². The first kappa shape index (κ1) is 13.7. The number of hydrogen-bond donors (Lipinski definition) is 1. The Balaban J connectivity index is 2.14. The van der Waals surface area contributed by atoms with Crippen molar-refractivity contribution in [3.05, 3.63) is 62.0 Å². The molecule has 0 amide bonds. The summed E-state index contributed by atoms with van der Waals surface area (Å²) >= 11 is 15.7. The molecular weight excluding hydrogens is 333 g/mol. The van der Waals surface area contributed by atoms with Crippen LogP contribution in [0.4, 0.5) is 5.69 Å². The SMILES string of the molecule is Cc1ccc(NCc2c(Cl)cccc2Cl)cc1Br. The van der Waals surface area contributed by atoms with Gasteiger partial charge in [0.1, 0.15) is 0 Å². The van der Waals surface area contributed by atoms with Crippen molar-refractivity contribution in [2.24, 2.45) is 0 Å². The van der Waals surface area contributed by atoms with Gasteiger partial charge in [0.2, 0.25) is 0 Å². The number of nitrogens with one attached hydrogen (secondary N) is 1. The van der Waals surface area contributed by atoms with Crippen LogP contribution >= 0.6 is 39.1 Å². The smallest absolute Gasteiger partial charge is 0.0470 e. The normalized spacial score (nSPS) is 10.4. The maximum absolute atomic E-state index is 6.12. The second kappa shape index (κ2) is 5.96. The molecule has 0 aliphatic heterocycles. The van der Waals surface area contributed by atoms with Gasteiger partial charge in [-0.05, 0) is 36.8 Å². The minimum Gasteiger partial charge on any atom is -0.381 e. The van der Waals surface area contributed by atoms with Gasteiger partial charge in [0.25, 0.3) is 0 Å². The molecule has 0 radical (unpaired) electrons. The fourth-order valence-corrected chi connectivity index (χ4v) is 2.50. The number of hydrogen-bond acceptors (Lipinski definition) is 1. The molecule has 18 heavy (non-hydrogen) atoms. The summed E-state index contributed by atoms with van der Waals surface area (Å²) < 4.78 is 1.08. The molecule has 94 valence electrons. The van der Waals surface area contributed by atoms with Gasteiger partial charge in [0.05, 0.1) is 0 Å². The van der Waals surface area contributed by atoms with Gasteiger partial charge in [-0.3, -0.25) is 0 Å². The lowest BCUT2D eigenvalue weighted by molar-refractivity contribution is 1.15. The molecule has 0 aromatic heterocycles. The van der Waals surface area contributed by atoms with Gasteiger partial charge < -0.3 is 5.32 Å². The molecule has 4 heteroatoms. The molecule has 2 rings (SSSR count). The minimum atomic E-state index is 0.605. The van der Waals surface area contributed by atoms with E-state index in [9.17, 15) is 0 Å². The summed E-state index contributed by atoms with van der Waals surface area (Å²) in [4.78, 5) is 0. The molecule has 0 heterocycles. The van der Waals surface area contributed by atoms with Gasteiger partial charge in [-0.2, -0.15) is 0 Å². The lowest BCUT2D eigenvalue weighted by Gasteiger charge is -2.10. The predicted molar refractivity (Wildman–Crippen MR) is 82.7 cm³/mol. The van der Waals surface area contributed by atoms with Crippen LogP contribution in [-0.4, -0.2) is 0 Å². The van der Waals surface area contributed by atoms with E-state index in [1.807, 2.05) is 30.3 Å². The van der Waals surface area contributed by atoms with Crippen LogP contribution in [0.2, 0.25) is 10.0 Å². The summed E-state index contributed by atoms with van der Waals surface area (Å²) in [7, 11) is 0. The summed E-state index contributed by atoms with van der Waals surface area (Å²) in [6, 6.07) is 11.7. The van der Waals surface area contributed by atoms with E-state index in [2.05, 4.69) is 34.2 Å². The number of halogens is 3. The minimum absolute atomic E-state index is 0.605. The molecule has 1 N–H and O–H groups in total. The molecule has 0 fully saturated rings. The van der Waals surface area contributed by atoms with Crippen LogP contribution < -0.4 is 5.32 Å². The van der Waals surface area contributed by atoms with Crippen LogP contribution in [0.15, 0.2) is 40.9 Å². The highest BCUT2D eigenvalue weighted by molar-refractivity contribution is 9.10. The summed E-state index contributed by atoms with van der Waals surface area (Å²) in [6.07, 6.45) is 0. The lowest BCUT2D eigenvalue weighted by atomic mass is 10.2. The maximum Gasteiger partial charge on any atom is 0.0470 e. The number of benzene rings is 2. The van der Waals surface area contributed by atoms with Crippen molar-refractivity contribution in [3.8, 4) is 0 Å². The Morgan fingerprint density at radius 3 is 2.39 bits per heavy atom. The van der Waals surface area contributed by atoms with Crippen molar-refractivity contribution in [3.63, 3.8) is 0 Å². The predicted octanol–water partition coefficient (Wildman–Crippen LogP) is 5.68. The Labute approximate surface area is 125 Å². The van der Waals surface area contributed by atoms with Gasteiger partial charge in [-0.15, -0.1) is 0 Å². The number of aryl methyl sites for hydroxylation is 1. The maximum atomic E-state index is 6.12. The Hall–Kier alpha value is -0.700. The molecule has 0 bridgehead atoms. The summed E-state index contributed by atoms with van der Waals surface area (Å²) in [5.74, 6) is 0. The van der Waals surface area contributed by atoms with Crippen LogP contribution in [-0.2, 0) is 6.54 Å². The first-order chi connectivity index (χ1) is 8.58. The van der Waals surface area contributed by atoms with Gasteiger partial charge >= 0.3 is 0 Å². The molecule has 1 nitrogen and oxygen atoms in total. The molecule has 0 aliphatic rings. The third kappa shape index (κ3) is 3.19. The third-order valence-corrected chi connectivity index (χ3v) is 4.27. The molecule has 0 saturated carbocycles. The molecular formula is C14H12BrCl2N. The van der Waals surface area contributed by atoms with E-state index in [1.54, 1.807) is 0 Å². The molecule has 2 aromatic carbocycles. The second-order valence-corrected chi connectivity index (χ2v) is 5.69. The number of anilines is 1. The van der Waals surface area contributed by atoms with E-state index in [1.165, 1.54) is 5.56 Å². The van der Waals surface area contributed by atoms with Crippen molar-refractivity contribution in [1.82, 2.24) is 0 Å². The van der Waals surface area contributed by atoms with Crippen LogP contribution in [0.1, 0.15) is 11.1 Å². The average molecular weight is 345 g/mol. The van der Waals surface area contributed by atoms with E-state index in [0.717, 1.165) is 15.7 Å². The highest BCUT2D eigenvalue weighted by atomic mass is 79.9. The zero-order valence-electron chi connectivity index (χ0n) is 9.81. The average Bonchev–Trinajstić information content (AvgIpc) is 2.33. The Morgan fingerprint density at radius 1 is 1.11 bits per heavy atom. The zero-order chi connectivity index (χ0) is 13.1. The molecule has 2 aromatic rings. The van der Waals surface area contributed by atoms with E-state index in [-0.39, 0.29) is 0 Å². The standard InChI is InChI=1S/C14H12BrCl2N/c1-9-5-6-10(7-12(9)15)18-8-11-13(16)3-2-4-14(11)17/h2-7,18H,8H2,1H3. The monoisotopic (exact) mass is 343 g/mol.